The first-order valence-electron chi connectivity index (χ1n) is 6.87. The predicted molar refractivity (Wildman–Crippen MR) is 74.8 cm³/mol. The molecular weight excluding hydrogens is 274 g/mol. The van der Waals surface area contributed by atoms with Gasteiger partial charge in [0.05, 0.1) is 17.3 Å². The number of urea groups is 1. The summed E-state index contributed by atoms with van der Waals surface area (Å²) < 4.78 is 0. The number of hydrogen-bond acceptors (Lipinski definition) is 5. The van der Waals surface area contributed by atoms with E-state index in [1.165, 1.54) is 0 Å². The largest absolute Gasteiger partial charge is 0.481 e. The van der Waals surface area contributed by atoms with Crippen LogP contribution in [0.25, 0.3) is 0 Å². The highest BCUT2D eigenvalue weighted by atomic mass is 16.4. The molecule has 2 amide bonds. The lowest BCUT2D eigenvalue weighted by atomic mass is 9.92. The molecule has 0 spiro atoms. The topological polar surface area (TPSA) is 108 Å². The van der Waals surface area contributed by atoms with Crippen molar-refractivity contribution in [3.63, 3.8) is 0 Å². The molecule has 1 aromatic heterocycles. The molecule has 0 aliphatic carbocycles. The van der Waals surface area contributed by atoms with Crippen LogP contribution in [-0.2, 0) is 4.79 Å². The summed E-state index contributed by atoms with van der Waals surface area (Å²) in [6.07, 6.45) is 0.911. The molecule has 1 aromatic rings. The zero-order valence-electron chi connectivity index (χ0n) is 12.3. The van der Waals surface area contributed by atoms with Gasteiger partial charge in [0.15, 0.2) is 0 Å². The molecule has 114 valence electrons. The number of anilines is 1. The van der Waals surface area contributed by atoms with E-state index in [1.807, 2.05) is 6.92 Å². The van der Waals surface area contributed by atoms with Crippen LogP contribution in [0, 0.1) is 19.8 Å². The van der Waals surface area contributed by atoms with Gasteiger partial charge in [0.1, 0.15) is 0 Å². The smallest absolute Gasteiger partial charge is 0.324 e. The standard InChI is InChI=1S/C13H19N5O3/c1-7-6-10(11(19)20)4-5-18(7)13(21)15-12-14-8(2)9(3)16-17-12/h7,10H,4-6H2,1-3H3,(H,19,20)(H,14,15,17,21). The fourth-order valence-corrected chi connectivity index (χ4v) is 2.38. The van der Waals surface area contributed by atoms with Crippen LogP contribution in [0.1, 0.15) is 31.2 Å². The number of carboxylic acid groups (broad SMARTS) is 1. The molecule has 8 nitrogen and oxygen atoms in total. The number of likely N-dealkylation sites (tertiary alicyclic amines) is 1. The van der Waals surface area contributed by atoms with Crippen LogP contribution in [0.3, 0.4) is 0 Å². The Labute approximate surface area is 122 Å². The van der Waals surface area contributed by atoms with E-state index in [9.17, 15) is 9.59 Å². The SMILES string of the molecule is Cc1nnc(NC(=O)N2CCC(C(=O)O)CC2C)nc1C. The molecule has 2 rings (SSSR count). The van der Waals surface area contributed by atoms with Gasteiger partial charge in [-0.2, -0.15) is 5.10 Å². The zero-order chi connectivity index (χ0) is 15.6. The van der Waals surface area contributed by atoms with Crippen LogP contribution in [0.5, 0.6) is 0 Å². The van der Waals surface area contributed by atoms with Crippen LogP contribution in [0.4, 0.5) is 10.7 Å². The molecule has 0 radical (unpaired) electrons. The minimum Gasteiger partial charge on any atom is -0.481 e. The summed E-state index contributed by atoms with van der Waals surface area (Å²) in [6.45, 7) is 5.83. The van der Waals surface area contributed by atoms with Crippen LogP contribution < -0.4 is 5.32 Å². The van der Waals surface area contributed by atoms with Gasteiger partial charge in [-0.1, -0.05) is 0 Å². The Morgan fingerprint density at radius 3 is 2.57 bits per heavy atom. The number of aromatic nitrogens is 3. The Balaban J connectivity index is 2.00. The second kappa shape index (κ2) is 6.02. The van der Waals surface area contributed by atoms with Gasteiger partial charge < -0.3 is 10.0 Å². The Bertz CT molecular complexity index is 563. The van der Waals surface area contributed by atoms with Crippen LogP contribution in [0.2, 0.25) is 0 Å². The van der Waals surface area contributed by atoms with Crippen molar-refractivity contribution in [1.82, 2.24) is 20.1 Å². The van der Waals surface area contributed by atoms with Gasteiger partial charge in [-0.15, -0.1) is 5.10 Å². The number of amides is 2. The normalized spacial score (nSPS) is 22.0. The lowest BCUT2D eigenvalue weighted by molar-refractivity contribution is -0.143. The molecule has 2 atom stereocenters. The number of nitrogens with zero attached hydrogens (tertiary/aromatic N) is 4. The summed E-state index contributed by atoms with van der Waals surface area (Å²) in [5.74, 6) is -1.03. The van der Waals surface area contributed by atoms with Gasteiger partial charge in [0.2, 0.25) is 0 Å². The Morgan fingerprint density at radius 2 is 2.00 bits per heavy atom. The Morgan fingerprint density at radius 1 is 1.29 bits per heavy atom. The molecule has 21 heavy (non-hydrogen) atoms. The maximum absolute atomic E-state index is 12.2. The van der Waals surface area contributed by atoms with Crippen LogP contribution >= 0.6 is 0 Å². The molecule has 1 saturated heterocycles. The maximum atomic E-state index is 12.2. The summed E-state index contributed by atoms with van der Waals surface area (Å²) in [5, 5.41) is 19.4. The second-order valence-electron chi connectivity index (χ2n) is 5.34. The number of carboxylic acids is 1. The lowest BCUT2D eigenvalue weighted by Gasteiger charge is -2.35. The van der Waals surface area contributed by atoms with Crippen LogP contribution in [-0.4, -0.2) is 49.8 Å². The number of hydrogen-bond donors (Lipinski definition) is 2. The summed E-state index contributed by atoms with van der Waals surface area (Å²) in [4.78, 5) is 29.0. The number of aliphatic carboxylic acids is 1. The van der Waals surface area contributed by atoms with E-state index in [0.717, 1.165) is 0 Å². The molecule has 1 fully saturated rings. The minimum absolute atomic E-state index is 0.139. The Hall–Kier alpha value is -2.25. The van der Waals surface area contributed by atoms with Crippen molar-refractivity contribution in [2.75, 3.05) is 11.9 Å². The number of rotatable bonds is 2. The summed E-state index contributed by atoms with van der Waals surface area (Å²) in [6, 6.07) is -0.462. The van der Waals surface area contributed by atoms with Crippen molar-refractivity contribution in [2.45, 2.75) is 39.7 Å². The highest BCUT2D eigenvalue weighted by Crippen LogP contribution is 2.23. The van der Waals surface area contributed by atoms with Crippen molar-refractivity contribution in [3.05, 3.63) is 11.4 Å². The van der Waals surface area contributed by atoms with E-state index in [0.29, 0.717) is 30.8 Å². The van der Waals surface area contributed by atoms with Gasteiger partial charge in [0, 0.05) is 12.6 Å². The molecule has 8 heteroatoms. The average Bonchev–Trinajstić information content (AvgIpc) is 2.42. The molecule has 0 bridgehead atoms. The first kappa shape index (κ1) is 15.1. The van der Waals surface area contributed by atoms with Crippen LogP contribution in [0.15, 0.2) is 0 Å². The van der Waals surface area contributed by atoms with E-state index in [1.54, 1.807) is 18.7 Å². The highest BCUT2D eigenvalue weighted by molar-refractivity contribution is 5.87. The minimum atomic E-state index is -0.802. The fourth-order valence-electron chi connectivity index (χ4n) is 2.38. The van der Waals surface area contributed by atoms with Gasteiger partial charge in [-0.25, -0.2) is 9.78 Å². The molecule has 2 unspecified atom stereocenters. The second-order valence-corrected chi connectivity index (χ2v) is 5.34. The lowest BCUT2D eigenvalue weighted by Crippen LogP contribution is -2.48. The van der Waals surface area contributed by atoms with Crippen molar-refractivity contribution in [1.29, 1.82) is 0 Å². The molecule has 2 heterocycles. The third kappa shape index (κ3) is 3.45. The van der Waals surface area contributed by atoms with E-state index < -0.39 is 5.97 Å². The quantitative estimate of drug-likeness (QED) is 0.848. The number of carbonyl (C=O) groups excluding carboxylic acids is 1. The first-order chi connectivity index (χ1) is 9.88. The molecule has 2 N–H and O–H groups in total. The predicted octanol–water partition coefficient (Wildman–Crippen LogP) is 1.21. The van der Waals surface area contributed by atoms with E-state index in [4.69, 9.17) is 5.11 Å². The van der Waals surface area contributed by atoms with Crippen molar-refractivity contribution >= 4 is 17.9 Å². The molecule has 0 aromatic carbocycles. The maximum Gasteiger partial charge on any atom is 0.324 e. The molecular formula is C13H19N5O3. The third-order valence-corrected chi connectivity index (χ3v) is 3.80. The van der Waals surface area contributed by atoms with Crippen molar-refractivity contribution in [2.24, 2.45) is 5.92 Å². The van der Waals surface area contributed by atoms with Crippen molar-refractivity contribution in [3.8, 4) is 0 Å². The number of aryl methyl sites for hydroxylation is 2. The van der Waals surface area contributed by atoms with Gasteiger partial charge in [-0.3, -0.25) is 10.1 Å². The average molecular weight is 293 g/mol. The Kier molecular flexibility index (Phi) is 4.35. The van der Waals surface area contributed by atoms with Gasteiger partial charge >= 0.3 is 12.0 Å². The number of nitrogens with one attached hydrogen (secondary N) is 1. The van der Waals surface area contributed by atoms with E-state index >= 15 is 0 Å². The molecule has 0 saturated carbocycles. The monoisotopic (exact) mass is 293 g/mol. The molecule has 1 aliphatic rings. The van der Waals surface area contributed by atoms with Crippen molar-refractivity contribution < 1.29 is 14.7 Å². The van der Waals surface area contributed by atoms with Gasteiger partial charge in [-0.05, 0) is 33.6 Å². The first-order valence-corrected chi connectivity index (χ1v) is 6.87. The highest BCUT2D eigenvalue weighted by Gasteiger charge is 2.32. The van der Waals surface area contributed by atoms with E-state index in [2.05, 4.69) is 20.5 Å². The zero-order valence-corrected chi connectivity index (χ0v) is 12.3. The summed E-state index contributed by atoms with van der Waals surface area (Å²) in [5.41, 5.74) is 1.42. The molecule has 1 aliphatic heterocycles. The van der Waals surface area contributed by atoms with Gasteiger partial charge in [0.25, 0.3) is 5.95 Å². The number of piperidine rings is 1. The summed E-state index contributed by atoms with van der Waals surface area (Å²) in [7, 11) is 0. The third-order valence-electron chi connectivity index (χ3n) is 3.80. The van der Waals surface area contributed by atoms with E-state index in [-0.39, 0.29) is 23.9 Å². The number of carbonyl (C=O) groups is 2. The summed E-state index contributed by atoms with van der Waals surface area (Å²) >= 11 is 0. The fraction of sp³-hybridized carbons (Fsp3) is 0.615.